The second-order valence-electron chi connectivity index (χ2n) is 10.6. The van der Waals surface area contributed by atoms with Gasteiger partial charge in [0.25, 0.3) is 0 Å². The third-order valence-corrected chi connectivity index (χ3v) is 8.51. The van der Waals surface area contributed by atoms with Crippen molar-refractivity contribution in [3.63, 3.8) is 0 Å². The van der Waals surface area contributed by atoms with Crippen LogP contribution in [0.25, 0.3) is 6.08 Å². The lowest BCUT2D eigenvalue weighted by atomic mass is 9.74. The van der Waals surface area contributed by atoms with E-state index >= 15 is 0 Å². The normalized spacial score (nSPS) is 21.7. The van der Waals surface area contributed by atoms with E-state index in [0.29, 0.717) is 19.6 Å². The van der Waals surface area contributed by atoms with Gasteiger partial charge in [-0.2, -0.15) is 0 Å². The summed E-state index contributed by atoms with van der Waals surface area (Å²) in [5, 5.41) is 26.3. The van der Waals surface area contributed by atoms with Crippen LogP contribution < -0.4 is 5.32 Å². The van der Waals surface area contributed by atoms with Gasteiger partial charge in [-0.15, -0.1) is 0 Å². The first kappa shape index (κ1) is 26.1. The molecule has 2 saturated heterocycles. The van der Waals surface area contributed by atoms with Gasteiger partial charge < -0.3 is 25.3 Å². The average molecular weight is 532 g/mol. The number of β-amino-alcohol motifs (C(OH)–C–C–N with tert-alkyl or cyclic N) is 1. The number of anilines is 1. The number of halogens is 3. The smallest absolute Gasteiger partial charge is 0.246 e. The number of nitrogens with one attached hydrogen (secondary N) is 1. The maximum atomic E-state index is 13.4. The van der Waals surface area contributed by atoms with E-state index in [-0.39, 0.29) is 29.7 Å². The lowest BCUT2D eigenvalue weighted by Crippen LogP contribution is -2.56. The number of benzene rings is 2. The first-order valence-electron chi connectivity index (χ1n) is 12.8. The lowest BCUT2D eigenvalue weighted by molar-refractivity contribution is -0.140. The third kappa shape index (κ3) is 5.53. The molecule has 3 heterocycles. The fourth-order valence-electron chi connectivity index (χ4n) is 5.90. The number of aliphatic hydroxyl groups is 2. The molecule has 3 N–H and O–H groups in total. The maximum absolute atomic E-state index is 13.4. The quantitative estimate of drug-likeness (QED) is 0.512. The zero-order chi connectivity index (χ0) is 26.2. The van der Waals surface area contributed by atoms with Crippen molar-refractivity contribution >= 4 is 29.3 Å². The average Bonchev–Trinajstić information content (AvgIpc) is 3.20. The van der Waals surface area contributed by atoms with Crippen LogP contribution in [0.5, 0.6) is 0 Å². The molecule has 5 rings (SSSR count). The van der Waals surface area contributed by atoms with Gasteiger partial charge in [0.15, 0.2) is 0 Å². The minimum atomic E-state index is -1.26. The van der Waals surface area contributed by atoms with Gasteiger partial charge in [-0.05, 0) is 80.2 Å². The predicted molar refractivity (Wildman–Crippen MR) is 139 cm³/mol. The molecule has 0 aliphatic carbocycles. The van der Waals surface area contributed by atoms with Crippen LogP contribution in [0.3, 0.4) is 0 Å². The van der Waals surface area contributed by atoms with Crippen molar-refractivity contribution in [3.8, 4) is 0 Å². The fourth-order valence-corrected chi connectivity index (χ4v) is 6.07. The van der Waals surface area contributed by atoms with Crippen molar-refractivity contribution in [1.82, 2.24) is 9.80 Å². The number of hydrogen-bond acceptors (Lipinski definition) is 5. The van der Waals surface area contributed by atoms with Crippen molar-refractivity contribution in [2.45, 2.75) is 42.8 Å². The molecule has 9 heteroatoms. The Balaban J connectivity index is 1.12. The topological polar surface area (TPSA) is 76.0 Å². The van der Waals surface area contributed by atoms with E-state index in [9.17, 15) is 23.8 Å². The number of likely N-dealkylation sites (tertiary alicyclic amines) is 2. The van der Waals surface area contributed by atoms with E-state index in [2.05, 4.69) is 16.3 Å². The van der Waals surface area contributed by atoms with E-state index < -0.39 is 23.3 Å². The lowest BCUT2D eigenvalue weighted by Gasteiger charge is -2.44. The van der Waals surface area contributed by atoms with Crippen LogP contribution in [0.4, 0.5) is 14.5 Å². The van der Waals surface area contributed by atoms with Gasteiger partial charge in [0.05, 0.1) is 11.7 Å². The minimum absolute atomic E-state index is 0.0782. The van der Waals surface area contributed by atoms with Crippen LogP contribution >= 0.6 is 11.6 Å². The summed E-state index contributed by atoms with van der Waals surface area (Å²) in [6.45, 7) is 3.51. The molecule has 198 valence electrons. The molecule has 2 aromatic carbocycles. The highest BCUT2D eigenvalue weighted by Gasteiger charge is 2.44. The van der Waals surface area contributed by atoms with Crippen molar-refractivity contribution in [2.75, 3.05) is 44.6 Å². The second-order valence-corrected chi connectivity index (χ2v) is 11.0. The van der Waals surface area contributed by atoms with Crippen molar-refractivity contribution < 1.29 is 23.8 Å². The highest BCUT2D eigenvalue weighted by Crippen LogP contribution is 2.45. The first-order chi connectivity index (χ1) is 17.7. The molecule has 3 aliphatic heterocycles. The summed E-state index contributed by atoms with van der Waals surface area (Å²) in [5.41, 5.74) is 1.49. The summed E-state index contributed by atoms with van der Waals surface area (Å²) in [6, 6.07) is 9.11. The van der Waals surface area contributed by atoms with Crippen molar-refractivity contribution in [3.05, 3.63) is 70.3 Å². The standard InChI is InChI=1S/C28H32ClF2N3O3/c29-20-2-3-23-24(15-20)32-18-27(23)5-9-33(10-6-27)17-25(35)28(37)7-11-34(12-8-28)26(36)4-1-19-13-21(30)16-22(31)14-19/h1-4,13-16,25,32,35,37H,5-12,17-18H2/b4-1+/t25-/m1/s1. The van der Waals surface area contributed by atoms with Crippen molar-refractivity contribution in [2.24, 2.45) is 0 Å². The SMILES string of the molecule is O=C(/C=C/c1cc(F)cc(F)c1)N1CCC(O)([C@H](O)CN2CCC3(CC2)CNc2cc(Cl)ccc23)CC1. The zero-order valence-electron chi connectivity index (χ0n) is 20.6. The minimum Gasteiger partial charge on any atom is -0.389 e. The predicted octanol–water partition coefficient (Wildman–Crippen LogP) is 3.81. The summed E-state index contributed by atoms with van der Waals surface area (Å²) in [4.78, 5) is 16.3. The molecular weight excluding hydrogens is 500 g/mol. The van der Waals surface area contributed by atoms with Gasteiger partial charge in [-0.25, -0.2) is 8.78 Å². The molecule has 0 unspecified atom stereocenters. The van der Waals surface area contributed by atoms with Crippen LogP contribution in [0, 0.1) is 11.6 Å². The zero-order valence-corrected chi connectivity index (χ0v) is 21.4. The molecule has 2 aromatic rings. The van der Waals surface area contributed by atoms with E-state index in [0.717, 1.165) is 61.4 Å². The molecule has 2 fully saturated rings. The molecule has 1 atom stereocenters. The summed E-state index contributed by atoms with van der Waals surface area (Å²) in [6.07, 6.45) is 4.18. The highest BCUT2D eigenvalue weighted by molar-refractivity contribution is 6.30. The maximum Gasteiger partial charge on any atom is 0.246 e. The van der Waals surface area contributed by atoms with Crippen molar-refractivity contribution in [1.29, 1.82) is 0 Å². The first-order valence-corrected chi connectivity index (χ1v) is 13.1. The number of hydrogen-bond donors (Lipinski definition) is 3. The highest BCUT2D eigenvalue weighted by atomic mass is 35.5. The second kappa shape index (κ2) is 10.3. The Kier molecular flexibility index (Phi) is 7.29. The van der Waals surface area contributed by atoms with E-state index in [1.54, 1.807) is 4.90 Å². The Hall–Kier alpha value is -2.52. The van der Waals surface area contributed by atoms with Crippen LogP contribution in [0.1, 0.15) is 36.8 Å². The van der Waals surface area contributed by atoms with E-state index in [1.165, 1.54) is 17.7 Å². The van der Waals surface area contributed by atoms with Gasteiger partial charge >= 0.3 is 0 Å². The number of piperidine rings is 2. The number of fused-ring (bicyclic) bond motifs is 2. The number of rotatable bonds is 5. The molecule has 0 saturated carbocycles. The largest absolute Gasteiger partial charge is 0.389 e. The molecule has 0 radical (unpaired) electrons. The molecule has 1 amide bonds. The molecule has 3 aliphatic rings. The van der Waals surface area contributed by atoms with E-state index in [4.69, 9.17) is 11.6 Å². The van der Waals surface area contributed by atoms with Crippen LogP contribution in [0.2, 0.25) is 5.02 Å². The summed E-state index contributed by atoms with van der Waals surface area (Å²) < 4.78 is 26.7. The van der Waals surface area contributed by atoms with Gasteiger partial charge in [0, 0.05) is 54.4 Å². The Morgan fingerprint density at radius 1 is 1.05 bits per heavy atom. The Morgan fingerprint density at radius 2 is 1.73 bits per heavy atom. The number of carbonyl (C=O) groups excluding carboxylic acids is 1. The Labute approximate surface area is 220 Å². The van der Waals surface area contributed by atoms with Crippen LogP contribution in [-0.4, -0.2) is 76.9 Å². The fraction of sp³-hybridized carbons (Fsp3) is 0.464. The molecule has 1 spiro atoms. The molecule has 0 aromatic heterocycles. The third-order valence-electron chi connectivity index (χ3n) is 8.28. The van der Waals surface area contributed by atoms with Gasteiger partial charge in [0.2, 0.25) is 5.91 Å². The summed E-state index contributed by atoms with van der Waals surface area (Å²) >= 11 is 6.15. The molecule has 6 nitrogen and oxygen atoms in total. The summed E-state index contributed by atoms with van der Waals surface area (Å²) in [7, 11) is 0. The Morgan fingerprint density at radius 3 is 2.41 bits per heavy atom. The van der Waals surface area contributed by atoms with Crippen LogP contribution in [0.15, 0.2) is 42.5 Å². The Bertz CT molecular complexity index is 1170. The van der Waals surface area contributed by atoms with E-state index in [1.807, 2.05) is 12.1 Å². The molecular formula is C28H32ClF2N3O3. The van der Waals surface area contributed by atoms with Gasteiger partial charge in [-0.1, -0.05) is 17.7 Å². The summed E-state index contributed by atoms with van der Waals surface area (Å²) in [5.74, 6) is -1.71. The number of amides is 1. The monoisotopic (exact) mass is 531 g/mol. The van der Waals surface area contributed by atoms with Gasteiger partial charge in [0.1, 0.15) is 11.6 Å². The molecule has 0 bridgehead atoms. The number of carbonyl (C=O) groups is 1. The van der Waals surface area contributed by atoms with Crippen LogP contribution in [-0.2, 0) is 10.2 Å². The number of aliphatic hydroxyl groups excluding tert-OH is 1. The number of nitrogens with zero attached hydrogens (tertiary/aromatic N) is 2. The molecule has 37 heavy (non-hydrogen) atoms. The van der Waals surface area contributed by atoms with Gasteiger partial charge in [-0.3, -0.25) is 4.79 Å².